The number of phenolic OH excluding ortho intramolecular Hbond substituents is 1. The van der Waals surface area contributed by atoms with Gasteiger partial charge < -0.3 is 26.8 Å². The summed E-state index contributed by atoms with van der Waals surface area (Å²) in [6.45, 7) is 3.38. The number of nitrogens with two attached hydrogens (primary N) is 1. The highest BCUT2D eigenvalue weighted by atomic mass is 16.3. The van der Waals surface area contributed by atoms with Gasteiger partial charge in [0.25, 0.3) is 0 Å². The number of aromatic hydroxyl groups is 1. The summed E-state index contributed by atoms with van der Waals surface area (Å²) in [5.41, 5.74) is 6.41. The van der Waals surface area contributed by atoms with Crippen LogP contribution in [0.25, 0.3) is 6.08 Å². The second kappa shape index (κ2) is 12.5. The molecule has 6 nitrogen and oxygen atoms in total. The van der Waals surface area contributed by atoms with Gasteiger partial charge in [0, 0.05) is 24.7 Å². The fourth-order valence-electron chi connectivity index (χ4n) is 3.33. The topological polar surface area (TPSA) is 99.4 Å². The lowest BCUT2D eigenvalue weighted by Gasteiger charge is -2.30. The maximum Gasteiger partial charge on any atom is 0.243 e. The van der Waals surface area contributed by atoms with Crippen LogP contribution in [0.5, 0.6) is 5.75 Å². The lowest BCUT2D eigenvalue weighted by atomic mass is 9.91. The van der Waals surface area contributed by atoms with Crippen molar-refractivity contribution < 1.29 is 9.90 Å². The molecule has 0 spiro atoms. The van der Waals surface area contributed by atoms with Crippen molar-refractivity contribution in [2.45, 2.75) is 50.6 Å². The molecule has 0 radical (unpaired) electrons. The van der Waals surface area contributed by atoms with Crippen molar-refractivity contribution in [2.24, 2.45) is 5.73 Å². The van der Waals surface area contributed by atoms with Crippen LogP contribution in [0.1, 0.15) is 44.1 Å². The molecule has 0 heterocycles. The quantitative estimate of drug-likeness (QED) is 0.300. The van der Waals surface area contributed by atoms with Crippen LogP contribution in [0.4, 0.5) is 0 Å². The van der Waals surface area contributed by atoms with Gasteiger partial charge >= 0.3 is 0 Å². The largest absolute Gasteiger partial charge is 0.508 e. The fourth-order valence-corrected chi connectivity index (χ4v) is 3.33. The number of carbonyl (C=O) groups is 1. The predicted molar refractivity (Wildman–Crippen MR) is 110 cm³/mol. The molecular weight excluding hydrogens is 340 g/mol. The molecular formula is C21H34N4O2. The van der Waals surface area contributed by atoms with Crippen LogP contribution in [0.2, 0.25) is 0 Å². The summed E-state index contributed by atoms with van der Waals surface area (Å²) in [5.74, 6) is 0.132. The van der Waals surface area contributed by atoms with Crippen LogP contribution in [0.15, 0.2) is 30.3 Å². The van der Waals surface area contributed by atoms with Crippen molar-refractivity contribution in [3.8, 4) is 5.75 Å². The van der Waals surface area contributed by atoms with E-state index in [-0.39, 0.29) is 11.7 Å². The second-order valence-corrected chi connectivity index (χ2v) is 7.17. The Balaban J connectivity index is 1.50. The van der Waals surface area contributed by atoms with Gasteiger partial charge in [0.05, 0.1) is 0 Å². The molecule has 1 amide bonds. The Morgan fingerprint density at radius 1 is 1.00 bits per heavy atom. The number of nitrogens with one attached hydrogen (secondary N) is 3. The summed E-state index contributed by atoms with van der Waals surface area (Å²) in [6.07, 6.45) is 10.1. The number of benzene rings is 1. The molecule has 1 fully saturated rings. The van der Waals surface area contributed by atoms with Gasteiger partial charge in [-0.3, -0.25) is 4.79 Å². The monoisotopic (exact) mass is 374 g/mol. The van der Waals surface area contributed by atoms with E-state index in [0.29, 0.717) is 18.6 Å². The smallest absolute Gasteiger partial charge is 0.243 e. The van der Waals surface area contributed by atoms with E-state index in [1.807, 2.05) is 0 Å². The number of carbonyl (C=O) groups excluding carboxylic acids is 1. The summed E-state index contributed by atoms with van der Waals surface area (Å²) < 4.78 is 0. The number of rotatable bonds is 11. The third-order valence-corrected chi connectivity index (χ3v) is 4.95. The summed E-state index contributed by atoms with van der Waals surface area (Å²) in [4.78, 5) is 11.8. The lowest BCUT2D eigenvalue weighted by Crippen LogP contribution is -2.41. The lowest BCUT2D eigenvalue weighted by molar-refractivity contribution is -0.116. The fraction of sp³-hybridized carbons (Fsp3) is 0.571. The van der Waals surface area contributed by atoms with Crippen LogP contribution in [0.3, 0.4) is 0 Å². The number of hydrogen-bond acceptors (Lipinski definition) is 5. The Bertz CT molecular complexity index is 566. The van der Waals surface area contributed by atoms with E-state index < -0.39 is 0 Å². The minimum Gasteiger partial charge on any atom is -0.508 e. The zero-order valence-electron chi connectivity index (χ0n) is 16.1. The molecule has 6 heteroatoms. The highest BCUT2D eigenvalue weighted by Gasteiger charge is 2.19. The molecule has 0 unspecified atom stereocenters. The number of phenols is 1. The van der Waals surface area contributed by atoms with Crippen molar-refractivity contribution in [1.82, 2.24) is 16.0 Å². The van der Waals surface area contributed by atoms with Crippen molar-refractivity contribution in [3.63, 3.8) is 0 Å². The average molecular weight is 375 g/mol. The van der Waals surface area contributed by atoms with Crippen LogP contribution in [-0.2, 0) is 4.79 Å². The van der Waals surface area contributed by atoms with Gasteiger partial charge in [-0.2, -0.15) is 0 Å². The molecule has 0 bridgehead atoms. The first kappa shape index (κ1) is 21.4. The van der Waals surface area contributed by atoms with Crippen molar-refractivity contribution in [2.75, 3.05) is 26.2 Å². The third kappa shape index (κ3) is 9.04. The Kier molecular flexibility index (Phi) is 9.90. The summed E-state index contributed by atoms with van der Waals surface area (Å²) >= 11 is 0. The van der Waals surface area contributed by atoms with Gasteiger partial charge in [-0.25, -0.2) is 0 Å². The predicted octanol–water partition coefficient (Wildman–Crippen LogP) is 1.75. The van der Waals surface area contributed by atoms with Gasteiger partial charge in [0.2, 0.25) is 5.91 Å². The second-order valence-electron chi connectivity index (χ2n) is 7.17. The van der Waals surface area contributed by atoms with Gasteiger partial charge in [-0.15, -0.1) is 0 Å². The minimum atomic E-state index is -0.0906. The Labute approximate surface area is 162 Å². The highest BCUT2D eigenvalue weighted by molar-refractivity contribution is 5.91. The molecule has 1 aromatic rings. The summed E-state index contributed by atoms with van der Waals surface area (Å²) in [5, 5.41) is 19.3. The summed E-state index contributed by atoms with van der Waals surface area (Å²) in [6, 6.07) is 7.99. The van der Waals surface area contributed by atoms with Crippen LogP contribution < -0.4 is 21.7 Å². The van der Waals surface area contributed by atoms with Crippen molar-refractivity contribution in [1.29, 1.82) is 0 Å². The van der Waals surface area contributed by atoms with Gasteiger partial charge in [0.15, 0.2) is 0 Å². The van der Waals surface area contributed by atoms with E-state index in [1.165, 1.54) is 31.8 Å². The van der Waals surface area contributed by atoms with Crippen LogP contribution in [0, 0.1) is 0 Å². The normalized spacial score (nSPS) is 20.0. The van der Waals surface area contributed by atoms with E-state index in [4.69, 9.17) is 5.73 Å². The number of hydrogen-bond donors (Lipinski definition) is 5. The van der Waals surface area contributed by atoms with Crippen molar-refractivity contribution >= 4 is 12.0 Å². The van der Waals surface area contributed by atoms with Crippen LogP contribution in [-0.4, -0.2) is 49.3 Å². The Morgan fingerprint density at radius 3 is 2.19 bits per heavy atom. The van der Waals surface area contributed by atoms with E-state index >= 15 is 0 Å². The zero-order valence-corrected chi connectivity index (χ0v) is 16.1. The average Bonchev–Trinajstić information content (AvgIpc) is 2.68. The maximum atomic E-state index is 11.8. The molecule has 1 saturated carbocycles. The molecule has 0 aliphatic heterocycles. The SMILES string of the molecule is NCCCNC1CCC(NCCCNC(=O)/C=C\c2ccc(O)cc2)CC1. The summed E-state index contributed by atoms with van der Waals surface area (Å²) in [7, 11) is 0. The molecule has 27 heavy (non-hydrogen) atoms. The Morgan fingerprint density at radius 2 is 1.59 bits per heavy atom. The van der Waals surface area contributed by atoms with E-state index in [0.717, 1.165) is 38.0 Å². The van der Waals surface area contributed by atoms with Gasteiger partial charge in [-0.05, 0) is 81.9 Å². The molecule has 150 valence electrons. The standard InChI is InChI=1S/C21H34N4O2/c22-13-1-14-23-18-6-8-19(9-7-18)24-15-2-16-25-21(27)12-5-17-3-10-20(26)11-4-17/h3-5,10-12,18-19,23-24,26H,1-2,6-9,13-16,22H2,(H,25,27)/b12-5-. The Hall–Kier alpha value is -1.89. The third-order valence-electron chi connectivity index (χ3n) is 4.95. The molecule has 1 aliphatic carbocycles. The molecule has 0 atom stereocenters. The molecule has 2 rings (SSSR count). The maximum absolute atomic E-state index is 11.8. The van der Waals surface area contributed by atoms with Crippen molar-refractivity contribution in [3.05, 3.63) is 35.9 Å². The number of amides is 1. The first-order chi connectivity index (χ1) is 13.2. The molecule has 1 aromatic carbocycles. The van der Waals surface area contributed by atoms with Gasteiger partial charge in [0.1, 0.15) is 5.75 Å². The first-order valence-electron chi connectivity index (χ1n) is 10.1. The van der Waals surface area contributed by atoms with E-state index in [9.17, 15) is 9.90 Å². The molecule has 0 saturated heterocycles. The molecule has 1 aliphatic rings. The highest BCUT2D eigenvalue weighted by Crippen LogP contribution is 2.18. The van der Waals surface area contributed by atoms with Crippen LogP contribution >= 0.6 is 0 Å². The van der Waals surface area contributed by atoms with E-state index in [2.05, 4.69) is 16.0 Å². The van der Waals surface area contributed by atoms with E-state index in [1.54, 1.807) is 30.3 Å². The molecule has 0 aromatic heterocycles. The first-order valence-corrected chi connectivity index (χ1v) is 10.1. The zero-order chi connectivity index (χ0) is 19.3. The van der Waals surface area contributed by atoms with Gasteiger partial charge in [-0.1, -0.05) is 12.1 Å². The molecule has 6 N–H and O–H groups in total. The minimum absolute atomic E-state index is 0.0906.